The van der Waals surface area contributed by atoms with Crippen LogP contribution in [0.4, 0.5) is 4.79 Å². The Morgan fingerprint density at radius 3 is 2.26 bits per heavy atom. The van der Waals surface area contributed by atoms with E-state index in [2.05, 4.69) is 0 Å². The molecule has 19 heavy (non-hydrogen) atoms. The van der Waals surface area contributed by atoms with Crippen molar-refractivity contribution >= 4 is 6.09 Å². The normalized spacial score (nSPS) is 32.9. The molecule has 2 rings (SSSR count). The number of carbonyl (C=O) groups excluding carboxylic acids is 1. The van der Waals surface area contributed by atoms with Crippen molar-refractivity contribution in [3.05, 3.63) is 0 Å². The van der Waals surface area contributed by atoms with E-state index >= 15 is 0 Å². The fourth-order valence-electron chi connectivity index (χ4n) is 3.11. The lowest BCUT2D eigenvalue weighted by atomic mass is 9.64. The Labute approximate surface area is 115 Å². The van der Waals surface area contributed by atoms with Gasteiger partial charge in [-0.3, -0.25) is 0 Å². The average Bonchev–Trinajstić information content (AvgIpc) is 2.25. The number of nitrogens with zero attached hydrogens (tertiary/aromatic N) is 1. The Kier molecular flexibility index (Phi) is 3.80. The van der Waals surface area contributed by atoms with Gasteiger partial charge in [0.15, 0.2) is 0 Å². The Morgan fingerprint density at radius 2 is 1.84 bits per heavy atom. The number of hydrogen-bond donors (Lipinski definition) is 2. The zero-order valence-electron chi connectivity index (χ0n) is 12.2. The number of nitrogens with two attached hydrogens (primary N) is 1. The SMILES string of the molecule is CC(C)(C)OC(=O)N1CCC(C2(N)CC(O)C2)CC1. The van der Waals surface area contributed by atoms with E-state index in [0.717, 1.165) is 12.8 Å². The van der Waals surface area contributed by atoms with Crippen LogP contribution in [0.2, 0.25) is 0 Å². The molecule has 5 nitrogen and oxygen atoms in total. The molecule has 0 atom stereocenters. The van der Waals surface area contributed by atoms with Crippen LogP contribution in [0, 0.1) is 5.92 Å². The lowest BCUT2D eigenvalue weighted by molar-refractivity contribution is -0.0300. The molecule has 1 saturated carbocycles. The molecule has 1 amide bonds. The molecule has 2 aliphatic rings. The highest BCUT2D eigenvalue weighted by Crippen LogP contribution is 2.41. The van der Waals surface area contributed by atoms with Crippen molar-refractivity contribution in [2.24, 2.45) is 11.7 Å². The number of aliphatic hydroxyl groups is 1. The Bertz CT molecular complexity index is 337. The lowest BCUT2D eigenvalue weighted by Crippen LogP contribution is -2.61. The van der Waals surface area contributed by atoms with Gasteiger partial charge in [0.2, 0.25) is 0 Å². The summed E-state index contributed by atoms with van der Waals surface area (Å²) in [4.78, 5) is 13.7. The van der Waals surface area contributed by atoms with Crippen LogP contribution in [0.25, 0.3) is 0 Å². The summed E-state index contributed by atoms with van der Waals surface area (Å²) in [6.45, 7) is 7.04. The minimum absolute atomic E-state index is 0.209. The van der Waals surface area contributed by atoms with Gasteiger partial charge in [-0.2, -0.15) is 0 Å². The first kappa shape index (κ1) is 14.6. The molecule has 0 unspecified atom stereocenters. The van der Waals surface area contributed by atoms with Crippen LogP contribution in [0.15, 0.2) is 0 Å². The third-order valence-corrected chi connectivity index (χ3v) is 4.19. The summed E-state index contributed by atoms with van der Waals surface area (Å²) >= 11 is 0. The van der Waals surface area contributed by atoms with Crippen LogP contribution in [0.5, 0.6) is 0 Å². The number of rotatable bonds is 1. The van der Waals surface area contributed by atoms with Gasteiger partial charge in [-0.15, -0.1) is 0 Å². The van der Waals surface area contributed by atoms with Gasteiger partial charge in [0.05, 0.1) is 6.10 Å². The molecular weight excluding hydrogens is 244 g/mol. The van der Waals surface area contributed by atoms with Crippen molar-refractivity contribution in [3.63, 3.8) is 0 Å². The number of likely N-dealkylation sites (tertiary alicyclic amines) is 1. The first-order valence-corrected chi connectivity index (χ1v) is 7.14. The third-order valence-electron chi connectivity index (χ3n) is 4.19. The molecule has 3 N–H and O–H groups in total. The van der Waals surface area contributed by atoms with E-state index in [1.54, 1.807) is 4.90 Å². The zero-order valence-corrected chi connectivity index (χ0v) is 12.2. The van der Waals surface area contributed by atoms with E-state index in [1.165, 1.54) is 0 Å². The van der Waals surface area contributed by atoms with Gasteiger partial charge >= 0.3 is 6.09 Å². The van der Waals surface area contributed by atoms with E-state index in [-0.39, 0.29) is 17.7 Å². The number of carbonyl (C=O) groups is 1. The van der Waals surface area contributed by atoms with Crippen LogP contribution in [-0.4, -0.2) is 46.4 Å². The van der Waals surface area contributed by atoms with Crippen molar-refractivity contribution < 1.29 is 14.6 Å². The highest BCUT2D eigenvalue weighted by molar-refractivity contribution is 5.68. The quantitative estimate of drug-likeness (QED) is 0.757. The number of hydrogen-bond acceptors (Lipinski definition) is 4. The number of amides is 1. The molecule has 1 aliphatic heterocycles. The monoisotopic (exact) mass is 270 g/mol. The Morgan fingerprint density at radius 1 is 1.32 bits per heavy atom. The lowest BCUT2D eigenvalue weighted by Gasteiger charge is -2.50. The van der Waals surface area contributed by atoms with E-state index in [1.807, 2.05) is 20.8 Å². The Balaban J connectivity index is 1.81. The second kappa shape index (κ2) is 4.94. The molecule has 0 radical (unpaired) electrons. The van der Waals surface area contributed by atoms with E-state index in [9.17, 15) is 9.90 Å². The van der Waals surface area contributed by atoms with Crippen LogP contribution in [0.3, 0.4) is 0 Å². The van der Waals surface area contributed by atoms with E-state index < -0.39 is 5.60 Å². The van der Waals surface area contributed by atoms with Crippen molar-refractivity contribution in [1.29, 1.82) is 0 Å². The first-order valence-electron chi connectivity index (χ1n) is 7.14. The summed E-state index contributed by atoms with van der Waals surface area (Å²) < 4.78 is 5.37. The van der Waals surface area contributed by atoms with Crippen molar-refractivity contribution in [2.45, 2.75) is 63.7 Å². The topological polar surface area (TPSA) is 75.8 Å². The summed E-state index contributed by atoms with van der Waals surface area (Å²) in [6.07, 6.45) is 2.75. The molecule has 5 heteroatoms. The predicted molar refractivity (Wildman–Crippen MR) is 72.7 cm³/mol. The van der Waals surface area contributed by atoms with Gasteiger partial charge < -0.3 is 20.5 Å². The molecule has 0 aromatic heterocycles. The maximum Gasteiger partial charge on any atom is 0.410 e. The first-order chi connectivity index (χ1) is 8.70. The second-order valence-corrected chi connectivity index (χ2v) is 7.04. The smallest absolute Gasteiger partial charge is 0.410 e. The van der Waals surface area contributed by atoms with Crippen molar-refractivity contribution in [2.75, 3.05) is 13.1 Å². The van der Waals surface area contributed by atoms with Gasteiger partial charge in [0.25, 0.3) is 0 Å². The number of aliphatic hydroxyl groups excluding tert-OH is 1. The molecular formula is C14H26N2O3. The number of ether oxygens (including phenoxy) is 1. The maximum atomic E-state index is 11.9. The molecule has 0 aromatic rings. The van der Waals surface area contributed by atoms with E-state index in [0.29, 0.717) is 31.8 Å². The maximum absolute atomic E-state index is 11.9. The molecule has 2 fully saturated rings. The van der Waals surface area contributed by atoms with Gasteiger partial charge in [-0.25, -0.2) is 4.79 Å². The highest BCUT2D eigenvalue weighted by atomic mass is 16.6. The fourth-order valence-corrected chi connectivity index (χ4v) is 3.11. The van der Waals surface area contributed by atoms with Crippen molar-refractivity contribution in [1.82, 2.24) is 4.90 Å². The predicted octanol–water partition coefficient (Wildman–Crippen LogP) is 1.49. The summed E-state index contributed by atoms with van der Waals surface area (Å²) in [5.74, 6) is 0.412. The highest BCUT2D eigenvalue weighted by Gasteiger charge is 2.47. The molecule has 110 valence electrons. The molecule has 0 aromatic carbocycles. The second-order valence-electron chi connectivity index (χ2n) is 7.04. The zero-order chi connectivity index (χ0) is 14.3. The summed E-state index contributed by atoms with van der Waals surface area (Å²) in [5.41, 5.74) is 5.64. The van der Waals surface area contributed by atoms with Gasteiger partial charge in [-0.05, 0) is 52.4 Å². The van der Waals surface area contributed by atoms with Crippen LogP contribution >= 0.6 is 0 Å². The minimum Gasteiger partial charge on any atom is -0.444 e. The largest absolute Gasteiger partial charge is 0.444 e. The molecule has 0 spiro atoms. The van der Waals surface area contributed by atoms with E-state index in [4.69, 9.17) is 10.5 Å². The third kappa shape index (κ3) is 3.39. The van der Waals surface area contributed by atoms with Crippen LogP contribution < -0.4 is 5.73 Å². The average molecular weight is 270 g/mol. The van der Waals surface area contributed by atoms with Crippen molar-refractivity contribution in [3.8, 4) is 0 Å². The summed E-state index contributed by atoms with van der Waals surface area (Å²) in [5, 5.41) is 9.42. The minimum atomic E-state index is -0.443. The summed E-state index contributed by atoms with van der Waals surface area (Å²) in [7, 11) is 0. The Hall–Kier alpha value is -0.810. The number of piperidine rings is 1. The fraction of sp³-hybridized carbons (Fsp3) is 0.929. The van der Waals surface area contributed by atoms with Gasteiger partial charge in [0, 0.05) is 18.6 Å². The molecule has 1 aliphatic carbocycles. The molecule has 0 bridgehead atoms. The standard InChI is InChI=1S/C14H26N2O3/c1-13(2,3)19-12(18)16-6-4-10(5-7-16)14(15)8-11(17)9-14/h10-11,17H,4-9,15H2,1-3H3. The van der Waals surface area contributed by atoms with Crippen LogP contribution in [0.1, 0.15) is 46.5 Å². The molecule has 1 saturated heterocycles. The van der Waals surface area contributed by atoms with Crippen LogP contribution in [-0.2, 0) is 4.74 Å². The van der Waals surface area contributed by atoms with Gasteiger partial charge in [0.1, 0.15) is 5.60 Å². The van der Waals surface area contributed by atoms with Gasteiger partial charge in [-0.1, -0.05) is 0 Å². The molecule has 1 heterocycles. The summed E-state index contributed by atoms with van der Waals surface area (Å²) in [6, 6.07) is 0.